The third-order valence-electron chi connectivity index (χ3n) is 2.02. The zero-order valence-electron chi connectivity index (χ0n) is 10.8. The molecule has 1 atom stereocenters. The molecular formula is C12H22O4. The van der Waals surface area contributed by atoms with Crippen molar-refractivity contribution in [2.24, 2.45) is 5.92 Å². The molecule has 0 fully saturated rings. The molecule has 0 bridgehead atoms. The second-order valence-electron chi connectivity index (χ2n) is 4.75. The average Bonchev–Trinajstić information content (AvgIpc) is 2.15. The molecule has 0 aromatic heterocycles. The minimum Gasteiger partial charge on any atom is -0.468 e. The van der Waals surface area contributed by atoms with Gasteiger partial charge in [0, 0.05) is 0 Å². The number of hydrogen-bond acceptors (Lipinski definition) is 4. The molecule has 0 radical (unpaired) electrons. The first-order valence-electron chi connectivity index (χ1n) is 5.62. The molecule has 0 heterocycles. The highest BCUT2D eigenvalue weighted by Gasteiger charge is 2.31. The Labute approximate surface area is 97.3 Å². The summed E-state index contributed by atoms with van der Waals surface area (Å²) in [7, 11) is 1.28. The van der Waals surface area contributed by atoms with Crippen LogP contribution in [0.4, 0.5) is 0 Å². The van der Waals surface area contributed by atoms with Crippen LogP contribution >= 0.6 is 0 Å². The Morgan fingerprint density at radius 3 is 2.12 bits per heavy atom. The molecule has 0 aromatic carbocycles. The number of rotatable bonds is 5. The van der Waals surface area contributed by atoms with Crippen molar-refractivity contribution in [3.8, 4) is 0 Å². The SMILES string of the molecule is CCCCC(C(=O)OC)C(=O)OC(C)(C)C. The van der Waals surface area contributed by atoms with E-state index >= 15 is 0 Å². The smallest absolute Gasteiger partial charge is 0.320 e. The third-order valence-corrected chi connectivity index (χ3v) is 2.02. The molecule has 94 valence electrons. The van der Waals surface area contributed by atoms with Crippen LogP contribution in [0.5, 0.6) is 0 Å². The maximum Gasteiger partial charge on any atom is 0.320 e. The summed E-state index contributed by atoms with van der Waals surface area (Å²) in [5.41, 5.74) is -0.574. The van der Waals surface area contributed by atoms with Crippen LogP contribution in [-0.2, 0) is 19.1 Å². The Hall–Kier alpha value is -1.06. The normalized spacial score (nSPS) is 13.1. The first kappa shape index (κ1) is 14.9. The molecule has 0 amide bonds. The molecule has 0 aliphatic heterocycles. The summed E-state index contributed by atoms with van der Waals surface area (Å²) in [4.78, 5) is 23.2. The van der Waals surface area contributed by atoms with Gasteiger partial charge in [0.15, 0.2) is 5.92 Å². The minimum absolute atomic E-state index is 0.484. The van der Waals surface area contributed by atoms with E-state index < -0.39 is 23.5 Å². The van der Waals surface area contributed by atoms with Gasteiger partial charge in [-0.25, -0.2) is 0 Å². The maximum atomic E-state index is 11.7. The van der Waals surface area contributed by atoms with E-state index in [0.717, 1.165) is 12.8 Å². The van der Waals surface area contributed by atoms with Gasteiger partial charge >= 0.3 is 11.9 Å². The molecular weight excluding hydrogens is 208 g/mol. The van der Waals surface area contributed by atoms with E-state index in [1.165, 1.54) is 7.11 Å². The van der Waals surface area contributed by atoms with Crippen molar-refractivity contribution in [3.05, 3.63) is 0 Å². The van der Waals surface area contributed by atoms with Crippen molar-refractivity contribution < 1.29 is 19.1 Å². The second kappa shape index (κ2) is 6.51. The van der Waals surface area contributed by atoms with Crippen LogP contribution in [0, 0.1) is 5.92 Å². The zero-order chi connectivity index (χ0) is 12.8. The Kier molecular flexibility index (Phi) is 6.08. The molecule has 0 aliphatic rings. The molecule has 0 saturated heterocycles. The quantitative estimate of drug-likeness (QED) is 0.537. The summed E-state index contributed by atoms with van der Waals surface area (Å²) in [6, 6.07) is 0. The number of methoxy groups -OCH3 is 1. The van der Waals surface area contributed by atoms with Crippen LogP contribution in [0.2, 0.25) is 0 Å². The summed E-state index contributed by atoms with van der Waals surface area (Å²) >= 11 is 0. The molecule has 0 rings (SSSR count). The molecule has 0 spiro atoms. The summed E-state index contributed by atoms with van der Waals surface area (Å²) in [6.45, 7) is 7.33. The standard InChI is InChI=1S/C12H22O4/c1-6-7-8-9(10(13)15-5)11(14)16-12(2,3)4/h9H,6-8H2,1-5H3. The number of esters is 2. The summed E-state index contributed by atoms with van der Waals surface area (Å²) in [5, 5.41) is 0. The maximum absolute atomic E-state index is 11.7. The van der Waals surface area contributed by atoms with E-state index in [4.69, 9.17) is 4.74 Å². The van der Waals surface area contributed by atoms with Crippen LogP contribution in [0.1, 0.15) is 47.0 Å². The van der Waals surface area contributed by atoms with Gasteiger partial charge in [0.25, 0.3) is 0 Å². The highest BCUT2D eigenvalue weighted by Crippen LogP contribution is 2.17. The predicted octanol–water partition coefficient (Wildman–Crippen LogP) is 2.31. The minimum atomic E-state index is -0.788. The van der Waals surface area contributed by atoms with Gasteiger partial charge in [-0.05, 0) is 27.2 Å². The Balaban J connectivity index is 4.50. The Bertz CT molecular complexity index is 240. The Morgan fingerprint density at radius 2 is 1.75 bits per heavy atom. The second-order valence-corrected chi connectivity index (χ2v) is 4.75. The van der Waals surface area contributed by atoms with Crippen LogP contribution in [0.25, 0.3) is 0 Å². The monoisotopic (exact) mass is 230 g/mol. The van der Waals surface area contributed by atoms with Crippen molar-refractivity contribution in [2.45, 2.75) is 52.6 Å². The third kappa shape index (κ3) is 5.73. The van der Waals surface area contributed by atoms with Crippen molar-refractivity contribution in [3.63, 3.8) is 0 Å². The number of unbranched alkanes of at least 4 members (excludes halogenated alkanes) is 1. The first-order valence-corrected chi connectivity index (χ1v) is 5.62. The lowest BCUT2D eigenvalue weighted by Gasteiger charge is -2.22. The van der Waals surface area contributed by atoms with E-state index in [0.29, 0.717) is 6.42 Å². The molecule has 0 aromatic rings. The van der Waals surface area contributed by atoms with Gasteiger partial charge in [-0.3, -0.25) is 9.59 Å². The van der Waals surface area contributed by atoms with Crippen LogP contribution in [0.15, 0.2) is 0 Å². The lowest BCUT2D eigenvalue weighted by molar-refractivity contribution is -0.168. The van der Waals surface area contributed by atoms with Crippen molar-refractivity contribution in [1.82, 2.24) is 0 Å². The van der Waals surface area contributed by atoms with Gasteiger partial charge < -0.3 is 9.47 Å². The molecule has 4 heteroatoms. The lowest BCUT2D eigenvalue weighted by atomic mass is 10.0. The highest BCUT2D eigenvalue weighted by atomic mass is 16.6. The molecule has 1 unspecified atom stereocenters. The van der Waals surface area contributed by atoms with E-state index in [1.807, 2.05) is 6.92 Å². The molecule has 4 nitrogen and oxygen atoms in total. The summed E-state index contributed by atoms with van der Waals surface area (Å²) in [5.74, 6) is -1.79. The molecule has 16 heavy (non-hydrogen) atoms. The first-order chi connectivity index (χ1) is 7.31. The van der Waals surface area contributed by atoms with Crippen LogP contribution < -0.4 is 0 Å². The van der Waals surface area contributed by atoms with Gasteiger partial charge in [-0.15, -0.1) is 0 Å². The van der Waals surface area contributed by atoms with E-state index in [-0.39, 0.29) is 0 Å². The number of ether oxygens (including phenoxy) is 2. The number of carbonyl (C=O) groups excluding carboxylic acids is 2. The predicted molar refractivity (Wildman–Crippen MR) is 60.9 cm³/mol. The zero-order valence-corrected chi connectivity index (χ0v) is 10.8. The number of hydrogen-bond donors (Lipinski definition) is 0. The Morgan fingerprint density at radius 1 is 1.19 bits per heavy atom. The van der Waals surface area contributed by atoms with E-state index in [1.54, 1.807) is 20.8 Å². The van der Waals surface area contributed by atoms with Gasteiger partial charge in [0.05, 0.1) is 7.11 Å². The highest BCUT2D eigenvalue weighted by molar-refractivity contribution is 5.94. The fourth-order valence-corrected chi connectivity index (χ4v) is 1.26. The lowest BCUT2D eigenvalue weighted by Crippen LogP contribution is -2.33. The van der Waals surface area contributed by atoms with Crippen LogP contribution in [0.3, 0.4) is 0 Å². The van der Waals surface area contributed by atoms with Gasteiger partial charge in [0.1, 0.15) is 5.60 Å². The molecule has 0 aliphatic carbocycles. The number of carbonyl (C=O) groups is 2. The summed E-state index contributed by atoms with van der Waals surface area (Å²) < 4.78 is 9.79. The van der Waals surface area contributed by atoms with E-state index in [9.17, 15) is 9.59 Å². The fourth-order valence-electron chi connectivity index (χ4n) is 1.26. The van der Waals surface area contributed by atoms with Gasteiger partial charge in [0.2, 0.25) is 0 Å². The van der Waals surface area contributed by atoms with Gasteiger partial charge in [-0.1, -0.05) is 19.8 Å². The molecule has 0 saturated carbocycles. The van der Waals surface area contributed by atoms with Gasteiger partial charge in [-0.2, -0.15) is 0 Å². The van der Waals surface area contributed by atoms with Crippen molar-refractivity contribution in [2.75, 3.05) is 7.11 Å². The fraction of sp³-hybridized carbons (Fsp3) is 0.833. The van der Waals surface area contributed by atoms with Crippen LogP contribution in [-0.4, -0.2) is 24.6 Å². The topological polar surface area (TPSA) is 52.6 Å². The summed E-state index contributed by atoms with van der Waals surface area (Å²) in [6.07, 6.45) is 2.22. The van der Waals surface area contributed by atoms with Crippen molar-refractivity contribution >= 4 is 11.9 Å². The molecule has 0 N–H and O–H groups in total. The average molecular weight is 230 g/mol. The van der Waals surface area contributed by atoms with Crippen molar-refractivity contribution in [1.29, 1.82) is 0 Å². The van der Waals surface area contributed by atoms with E-state index in [2.05, 4.69) is 4.74 Å². The largest absolute Gasteiger partial charge is 0.468 e.